The molecule has 2 aromatic rings. The van der Waals surface area contributed by atoms with Crippen molar-refractivity contribution in [2.24, 2.45) is 0 Å². The van der Waals surface area contributed by atoms with Gasteiger partial charge in [-0.05, 0) is 23.8 Å². The zero-order valence-electron chi connectivity index (χ0n) is 17.3. The second-order valence-electron chi connectivity index (χ2n) is 8.07. The van der Waals surface area contributed by atoms with Crippen LogP contribution in [0.15, 0.2) is 42.5 Å². The minimum absolute atomic E-state index is 0.0856. The van der Waals surface area contributed by atoms with Crippen LogP contribution in [0, 0.1) is 5.82 Å². The second kappa shape index (κ2) is 9.06. The van der Waals surface area contributed by atoms with Crippen LogP contribution in [0.5, 0.6) is 11.5 Å². The maximum absolute atomic E-state index is 14.2. The van der Waals surface area contributed by atoms with E-state index in [2.05, 4.69) is 15.9 Å². The van der Waals surface area contributed by atoms with Crippen molar-refractivity contribution in [1.29, 1.82) is 0 Å². The number of carbonyl (C=O) groups is 1. The van der Waals surface area contributed by atoms with Crippen molar-refractivity contribution in [2.45, 2.75) is 11.9 Å². The molecule has 0 saturated carbocycles. The van der Waals surface area contributed by atoms with E-state index >= 15 is 0 Å². The number of carbonyl (C=O) groups excluding carboxylic acids is 1. The number of piperazine rings is 1. The molecule has 0 N–H and O–H groups in total. The van der Waals surface area contributed by atoms with E-state index in [4.69, 9.17) is 9.47 Å². The molecule has 2 aromatic carbocycles. The Kier molecular flexibility index (Phi) is 6.02. The van der Waals surface area contributed by atoms with E-state index in [1.54, 1.807) is 23.9 Å². The van der Waals surface area contributed by atoms with Crippen LogP contribution in [0.25, 0.3) is 0 Å². The molecule has 3 aliphatic heterocycles. The number of fused-ring (bicyclic) bond motifs is 1. The van der Waals surface area contributed by atoms with Crippen molar-refractivity contribution in [2.75, 3.05) is 51.8 Å². The molecule has 3 aliphatic rings. The van der Waals surface area contributed by atoms with Crippen LogP contribution in [0.2, 0.25) is 0 Å². The summed E-state index contributed by atoms with van der Waals surface area (Å²) in [5, 5.41) is -0.221. The van der Waals surface area contributed by atoms with E-state index in [0.29, 0.717) is 25.4 Å². The van der Waals surface area contributed by atoms with Crippen LogP contribution in [0.4, 0.5) is 4.39 Å². The largest absolute Gasteiger partial charge is 0.454 e. The fourth-order valence-electron chi connectivity index (χ4n) is 4.34. The zero-order valence-corrected chi connectivity index (χ0v) is 18.2. The number of rotatable bonds is 5. The van der Waals surface area contributed by atoms with Gasteiger partial charge in [-0.25, -0.2) is 4.39 Å². The normalized spacial score (nSPS) is 21.6. The molecule has 5 rings (SSSR count). The molecule has 31 heavy (non-hydrogen) atoms. The fraction of sp³-hybridized carbons (Fsp3) is 0.435. The number of halogens is 1. The van der Waals surface area contributed by atoms with Crippen molar-refractivity contribution in [3.05, 3.63) is 59.4 Å². The number of amides is 1. The van der Waals surface area contributed by atoms with Gasteiger partial charge in [0.05, 0.1) is 6.54 Å². The van der Waals surface area contributed by atoms with Crippen molar-refractivity contribution in [3.8, 4) is 11.5 Å². The van der Waals surface area contributed by atoms with Crippen LogP contribution in [-0.4, -0.2) is 72.4 Å². The first-order chi connectivity index (χ1) is 15.2. The van der Waals surface area contributed by atoms with Crippen LogP contribution in [0.1, 0.15) is 16.5 Å². The number of hydrogen-bond acceptors (Lipinski definition) is 6. The van der Waals surface area contributed by atoms with Gasteiger partial charge in [-0.2, -0.15) is 0 Å². The lowest BCUT2D eigenvalue weighted by Crippen LogP contribution is -2.49. The van der Waals surface area contributed by atoms with Gasteiger partial charge in [0.15, 0.2) is 11.5 Å². The minimum Gasteiger partial charge on any atom is -0.454 e. The summed E-state index contributed by atoms with van der Waals surface area (Å²) < 4.78 is 25.1. The van der Waals surface area contributed by atoms with Gasteiger partial charge in [0.2, 0.25) is 12.7 Å². The average Bonchev–Trinajstić information content (AvgIpc) is 3.45. The van der Waals surface area contributed by atoms with Crippen molar-refractivity contribution >= 4 is 17.7 Å². The van der Waals surface area contributed by atoms with E-state index in [9.17, 15) is 9.18 Å². The minimum atomic E-state index is -0.239. The summed E-state index contributed by atoms with van der Waals surface area (Å²) in [6.07, 6.45) is 0. The Hall–Kier alpha value is -2.29. The molecule has 3 heterocycles. The molecule has 0 unspecified atom stereocenters. The van der Waals surface area contributed by atoms with Gasteiger partial charge in [-0.3, -0.25) is 14.6 Å². The molecule has 164 valence electrons. The number of benzene rings is 2. The van der Waals surface area contributed by atoms with Crippen molar-refractivity contribution < 1.29 is 18.7 Å². The number of ether oxygens (including phenoxy) is 2. The van der Waals surface area contributed by atoms with Crippen LogP contribution >= 0.6 is 11.8 Å². The molecular formula is C23H26FN3O3S. The third kappa shape index (κ3) is 4.51. The highest BCUT2D eigenvalue weighted by atomic mass is 32.2. The maximum atomic E-state index is 14.2. The highest BCUT2D eigenvalue weighted by Crippen LogP contribution is 2.39. The summed E-state index contributed by atoms with van der Waals surface area (Å²) >= 11 is 1.64. The smallest absolute Gasteiger partial charge is 0.237 e. The topological polar surface area (TPSA) is 45.3 Å². The quantitative estimate of drug-likeness (QED) is 0.708. The number of nitrogens with zero attached hydrogens (tertiary/aromatic N) is 3. The van der Waals surface area contributed by atoms with Crippen LogP contribution in [0.3, 0.4) is 0 Å². The number of hydrogen-bond donors (Lipinski definition) is 0. The summed E-state index contributed by atoms with van der Waals surface area (Å²) in [5.74, 6) is 2.31. The van der Waals surface area contributed by atoms with Crippen LogP contribution < -0.4 is 9.47 Å². The van der Waals surface area contributed by atoms with Gasteiger partial charge in [-0.1, -0.05) is 24.3 Å². The summed E-state index contributed by atoms with van der Waals surface area (Å²) in [7, 11) is 0. The van der Waals surface area contributed by atoms with Crippen molar-refractivity contribution in [3.63, 3.8) is 0 Å². The average molecular weight is 444 g/mol. The first kappa shape index (κ1) is 20.6. The Bertz CT molecular complexity index is 951. The molecule has 0 aliphatic carbocycles. The summed E-state index contributed by atoms with van der Waals surface area (Å²) in [6, 6.07) is 12.9. The molecule has 1 atom stereocenters. The van der Waals surface area contributed by atoms with E-state index in [1.807, 2.05) is 23.1 Å². The highest BCUT2D eigenvalue weighted by molar-refractivity contribution is 7.99. The molecule has 0 bridgehead atoms. The lowest BCUT2D eigenvalue weighted by atomic mass is 10.1. The molecule has 6 nitrogen and oxygen atoms in total. The number of thioether (sulfide) groups is 1. The predicted molar refractivity (Wildman–Crippen MR) is 118 cm³/mol. The van der Waals surface area contributed by atoms with E-state index in [-0.39, 0.29) is 17.1 Å². The summed E-state index contributed by atoms with van der Waals surface area (Å²) in [6.45, 7) is 5.73. The van der Waals surface area contributed by atoms with Gasteiger partial charge in [0, 0.05) is 50.6 Å². The van der Waals surface area contributed by atoms with Gasteiger partial charge >= 0.3 is 0 Å². The Labute approximate surface area is 185 Å². The first-order valence-corrected chi connectivity index (χ1v) is 11.7. The fourth-order valence-corrected chi connectivity index (χ4v) is 5.64. The Morgan fingerprint density at radius 1 is 1.00 bits per heavy atom. The molecule has 1 amide bonds. The molecular weight excluding hydrogens is 417 g/mol. The summed E-state index contributed by atoms with van der Waals surface area (Å²) in [5.41, 5.74) is 1.81. The van der Waals surface area contributed by atoms with Gasteiger partial charge in [0.25, 0.3) is 0 Å². The summed E-state index contributed by atoms with van der Waals surface area (Å²) in [4.78, 5) is 19.4. The van der Waals surface area contributed by atoms with E-state index in [0.717, 1.165) is 50.0 Å². The van der Waals surface area contributed by atoms with Gasteiger partial charge in [-0.15, -0.1) is 11.8 Å². The first-order valence-electron chi connectivity index (χ1n) is 10.7. The van der Waals surface area contributed by atoms with Crippen molar-refractivity contribution in [1.82, 2.24) is 14.7 Å². The Balaban J connectivity index is 1.13. The molecule has 2 fully saturated rings. The second-order valence-corrected chi connectivity index (χ2v) is 9.26. The standard InChI is InChI=1S/C23H26FN3O3S/c24-19-4-2-1-3-18(19)23-27(11-12-31-23)22(28)15-26-9-7-25(8-10-26)14-17-5-6-20-21(13-17)30-16-29-20/h1-6,13,23H,7-12,14-16H2/t23-/m1/s1. The maximum Gasteiger partial charge on any atom is 0.237 e. The molecule has 0 radical (unpaired) electrons. The molecule has 0 aromatic heterocycles. The van der Waals surface area contributed by atoms with Gasteiger partial charge < -0.3 is 14.4 Å². The highest BCUT2D eigenvalue weighted by Gasteiger charge is 2.33. The van der Waals surface area contributed by atoms with Crippen LogP contribution in [-0.2, 0) is 11.3 Å². The predicted octanol–water partition coefficient (Wildman–Crippen LogP) is 2.95. The van der Waals surface area contributed by atoms with E-state index in [1.165, 1.54) is 11.6 Å². The molecule has 8 heteroatoms. The Morgan fingerprint density at radius 3 is 2.61 bits per heavy atom. The molecule has 0 spiro atoms. The molecule has 2 saturated heterocycles. The lowest BCUT2D eigenvalue weighted by Gasteiger charge is -2.35. The van der Waals surface area contributed by atoms with E-state index < -0.39 is 0 Å². The SMILES string of the molecule is O=C(CN1CCN(Cc2ccc3c(c2)OCO3)CC1)N1CCS[C@@H]1c1ccccc1F. The zero-order chi connectivity index (χ0) is 21.2. The Morgan fingerprint density at radius 2 is 1.77 bits per heavy atom. The van der Waals surface area contributed by atoms with Gasteiger partial charge in [0.1, 0.15) is 11.2 Å². The third-order valence-corrected chi connectivity index (χ3v) is 7.29. The third-order valence-electron chi connectivity index (χ3n) is 6.05. The monoisotopic (exact) mass is 443 g/mol. The lowest BCUT2D eigenvalue weighted by molar-refractivity contribution is -0.133.